The summed E-state index contributed by atoms with van der Waals surface area (Å²) in [6.07, 6.45) is 3.20. The molecule has 7 nitrogen and oxygen atoms in total. The van der Waals surface area contributed by atoms with Gasteiger partial charge in [0.2, 0.25) is 0 Å². The van der Waals surface area contributed by atoms with Crippen LogP contribution >= 0.6 is 0 Å². The molecule has 1 aliphatic rings. The number of nitrogens with two attached hydrogens (primary N) is 2. The summed E-state index contributed by atoms with van der Waals surface area (Å²) in [4.78, 5) is 2.05. The van der Waals surface area contributed by atoms with E-state index in [4.69, 9.17) is 11.5 Å². The van der Waals surface area contributed by atoms with Crippen molar-refractivity contribution >= 4 is 21.5 Å². The third-order valence-corrected chi connectivity index (χ3v) is 4.40. The number of hydrogen-bond acceptors (Lipinski definition) is 6. The Morgan fingerprint density at radius 3 is 2.89 bits per heavy atom. The van der Waals surface area contributed by atoms with Gasteiger partial charge < -0.3 is 16.4 Å². The highest BCUT2D eigenvalue weighted by atomic mass is 32.2. The van der Waals surface area contributed by atoms with Gasteiger partial charge in [-0.1, -0.05) is 0 Å². The predicted molar refractivity (Wildman–Crippen MR) is 70.1 cm³/mol. The largest absolute Gasteiger partial charge is 0.383 e. The van der Waals surface area contributed by atoms with Crippen LogP contribution in [0.1, 0.15) is 12.8 Å². The van der Waals surface area contributed by atoms with Gasteiger partial charge in [0.05, 0.1) is 0 Å². The number of nitrogens with one attached hydrogen (secondary N) is 1. The number of nitrogens with zero attached hydrogens (tertiary/aromatic N) is 2. The quantitative estimate of drug-likeness (QED) is 0.687. The maximum absolute atomic E-state index is 11.7. The van der Waals surface area contributed by atoms with Crippen LogP contribution in [-0.4, -0.2) is 44.5 Å². The summed E-state index contributed by atoms with van der Waals surface area (Å²) in [6, 6.07) is 0. The van der Waals surface area contributed by atoms with E-state index in [1.807, 2.05) is 4.90 Å². The number of aromatic amines is 1. The van der Waals surface area contributed by atoms with Gasteiger partial charge in [-0.15, -0.1) is 0 Å². The Labute approximate surface area is 106 Å². The number of rotatable bonds is 3. The Balaban J connectivity index is 2.34. The molecule has 2 rings (SSSR count). The summed E-state index contributed by atoms with van der Waals surface area (Å²) in [7, 11) is -3.39. The molecule has 1 unspecified atom stereocenters. The molecule has 8 heteroatoms. The topological polar surface area (TPSA) is 118 Å². The molecule has 102 valence electrons. The van der Waals surface area contributed by atoms with E-state index in [2.05, 4.69) is 10.2 Å². The molecule has 0 spiro atoms. The first-order valence-electron chi connectivity index (χ1n) is 5.92. The molecule has 0 amide bonds. The Morgan fingerprint density at radius 2 is 2.28 bits per heavy atom. The second-order valence-corrected chi connectivity index (χ2v) is 6.70. The van der Waals surface area contributed by atoms with E-state index in [1.54, 1.807) is 0 Å². The van der Waals surface area contributed by atoms with Gasteiger partial charge in [-0.05, 0) is 25.3 Å². The van der Waals surface area contributed by atoms with Crippen LogP contribution in [0.2, 0.25) is 0 Å². The fraction of sp³-hybridized carbons (Fsp3) is 0.700. The van der Waals surface area contributed by atoms with E-state index in [0.29, 0.717) is 18.3 Å². The van der Waals surface area contributed by atoms with Crippen molar-refractivity contribution in [2.45, 2.75) is 17.7 Å². The van der Waals surface area contributed by atoms with Crippen molar-refractivity contribution in [2.24, 2.45) is 11.7 Å². The van der Waals surface area contributed by atoms with Crippen LogP contribution in [0, 0.1) is 5.92 Å². The third kappa shape index (κ3) is 2.44. The monoisotopic (exact) mass is 273 g/mol. The van der Waals surface area contributed by atoms with Gasteiger partial charge in [0.25, 0.3) is 0 Å². The Bertz CT molecular complexity index is 524. The summed E-state index contributed by atoms with van der Waals surface area (Å²) >= 11 is 0. The number of hydrogen-bond donors (Lipinski definition) is 3. The second-order valence-electron chi connectivity index (χ2n) is 4.75. The van der Waals surface area contributed by atoms with Crippen molar-refractivity contribution in [3.63, 3.8) is 0 Å². The summed E-state index contributed by atoms with van der Waals surface area (Å²) in [5.74, 6) is 0.902. The van der Waals surface area contributed by atoms with Crippen LogP contribution in [0.5, 0.6) is 0 Å². The molecular formula is C10H19N5O2S. The Morgan fingerprint density at radius 1 is 1.56 bits per heavy atom. The molecule has 1 atom stereocenters. The molecule has 0 aliphatic carbocycles. The molecule has 2 heterocycles. The standard InChI is InChI=1S/C10H19N5O2S/c1-18(16,17)8-9(12)13-14-10(8)15-4-2-3-7(5-11)6-15/h7H,2-6,11H2,1H3,(H3,12,13,14). The smallest absolute Gasteiger partial charge is 0.182 e. The van der Waals surface area contributed by atoms with Gasteiger partial charge in [-0.25, -0.2) is 8.42 Å². The SMILES string of the molecule is CS(=O)(=O)c1c(N2CCCC(CN)C2)n[nH]c1N. The van der Waals surface area contributed by atoms with Gasteiger partial charge >= 0.3 is 0 Å². The highest BCUT2D eigenvalue weighted by Crippen LogP contribution is 2.30. The van der Waals surface area contributed by atoms with Gasteiger partial charge in [-0.3, -0.25) is 5.10 Å². The normalized spacial score (nSPS) is 21.2. The van der Waals surface area contributed by atoms with Crippen LogP contribution in [0.3, 0.4) is 0 Å². The van der Waals surface area contributed by atoms with Crippen LogP contribution in [0.25, 0.3) is 0 Å². The summed E-state index contributed by atoms with van der Waals surface area (Å²) in [6.45, 7) is 2.11. The minimum absolute atomic E-state index is 0.0974. The fourth-order valence-corrected chi connectivity index (χ4v) is 3.32. The van der Waals surface area contributed by atoms with E-state index < -0.39 is 9.84 Å². The zero-order chi connectivity index (χ0) is 13.3. The van der Waals surface area contributed by atoms with E-state index in [9.17, 15) is 8.42 Å². The van der Waals surface area contributed by atoms with Crippen molar-refractivity contribution < 1.29 is 8.42 Å². The van der Waals surface area contributed by atoms with Crippen LogP contribution in [0.15, 0.2) is 4.90 Å². The first-order valence-corrected chi connectivity index (χ1v) is 7.81. The summed E-state index contributed by atoms with van der Waals surface area (Å²) in [5.41, 5.74) is 11.3. The molecule has 5 N–H and O–H groups in total. The Hall–Kier alpha value is -1.28. The number of sulfone groups is 1. The zero-order valence-electron chi connectivity index (χ0n) is 10.4. The van der Waals surface area contributed by atoms with E-state index in [-0.39, 0.29) is 10.7 Å². The molecule has 1 saturated heterocycles. The van der Waals surface area contributed by atoms with Crippen molar-refractivity contribution in [3.05, 3.63) is 0 Å². The maximum atomic E-state index is 11.7. The van der Waals surface area contributed by atoms with Crippen LogP contribution < -0.4 is 16.4 Å². The van der Waals surface area contributed by atoms with E-state index in [1.165, 1.54) is 0 Å². The van der Waals surface area contributed by atoms with Crippen LogP contribution in [0.4, 0.5) is 11.6 Å². The molecule has 1 aromatic rings. The summed E-state index contributed by atoms with van der Waals surface area (Å²) in [5, 5.41) is 6.58. The lowest BCUT2D eigenvalue weighted by Crippen LogP contribution is -2.39. The third-order valence-electron chi connectivity index (χ3n) is 3.25. The zero-order valence-corrected chi connectivity index (χ0v) is 11.2. The molecule has 1 aliphatic heterocycles. The lowest BCUT2D eigenvalue weighted by Gasteiger charge is -2.32. The molecular weight excluding hydrogens is 254 g/mol. The van der Waals surface area contributed by atoms with Gasteiger partial charge in [0.15, 0.2) is 20.6 Å². The Kier molecular flexibility index (Phi) is 3.49. The average Bonchev–Trinajstić information content (AvgIpc) is 2.71. The summed E-state index contributed by atoms with van der Waals surface area (Å²) < 4.78 is 23.5. The van der Waals surface area contributed by atoms with Gasteiger partial charge in [-0.2, -0.15) is 5.10 Å². The van der Waals surface area contributed by atoms with Crippen molar-refractivity contribution in [1.82, 2.24) is 10.2 Å². The highest BCUT2D eigenvalue weighted by Gasteiger charge is 2.28. The van der Waals surface area contributed by atoms with Crippen molar-refractivity contribution in [1.29, 1.82) is 0 Å². The number of nitrogen functional groups attached to an aromatic ring is 1. The number of aromatic nitrogens is 2. The minimum atomic E-state index is -3.39. The lowest BCUT2D eigenvalue weighted by atomic mass is 9.98. The van der Waals surface area contributed by atoms with Crippen molar-refractivity contribution in [3.8, 4) is 0 Å². The molecule has 0 radical (unpaired) electrons. The van der Waals surface area contributed by atoms with E-state index in [0.717, 1.165) is 32.2 Å². The van der Waals surface area contributed by atoms with E-state index >= 15 is 0 Å². The highest BCUT2D eigenvalue weighted by molar-refractivity contribution is 7.91. The van der Waals surface area contributed by atoms with Crippen LogP contribution in [-0.2, 0) is 9.84 Å². The minimum Gasteiger partial charge on any atom is -0.383 e. The van der Waals surface area contributed by atoms with Crippen molar-refractivity contribution in [2.75, 3.05) is 36.5 Å². The molecule has 1 aromatic heterocycles. The average molecular weight is 273 g/mol. The first kappa shape index (κ1) is 13.2. The molecule has 0 bridgehead atoms. The maximum Gasteiger partial charge on any atom is 0.182 e. The van der Waals surface area contributed by atoms with Gasteiger partial charge in [0.1, 0.15) is 5.82 Å². The molecule has 1 fully saturated rings. The van der Waals surface area contributed by atoms with Gasteiger partial charge in [0, 0.05) is 19.3 Å². The number of anilines is 2. The second kappa shape index (κ2) is 4.77. The predicted octanol–water partition coefficient (Wildman–Crippen LogP) is -0.429. The molecule has 0 aromatic carbocycles. The first-order chi connectivity index (χ1) is 8.43. The molecule has 0 saturated carbocycles. The number of H-pyrrole nitrogens is 1. The number of piperidine rings is 1. The lowest BCUT2D eigenvalue weighted by molar-refractivity contribution is 0.420. The molecule has 18 heavy (non-hydrogen) atoms. The fourth-order valence-electron chi connectivity index (χ4n) is 2.36.